The van der Waals surface area contributed by atoms with Gasteiger partial charge in [0.25, 0.3) is 0 Å². The number of halogens is 4. The largest absolute Gasteiger partial charge is 0.471 e. The summed E-state index contributed by atoms with van der Waals surface area (Å²) in [6.07, 6.45) is -4.78. The molecule has 2 rings (SSSR count). The van der Waals surface area contributed by atoms with Crippen LogP contribution in [0.15, 0.2) is 22.7 Å². The average molecular weight is 291 g/mol. The molecule has 0 saturated heterocycles. The first-order valence-corrected chi connectivity index (χ1v) is 5.20. The summed E-state index contributed by atoms with van der Waals surface area (Å²) >= 11 is 4.65. The van der Waals surface area contributed by atoms with E-state index in [1.165, 1.54) is 12.1 Å². The number of nitrogens with zero attached hydrogens (tertiary/aromatic N) is 2. The number of hydrogen-bond donors (Lipinski definition) is 1. The monoisotopic (exact) mass is 291 g/mol. The van der Waals surface area contributed by atoms with Gasteiger partial charge in [-0.1, -0.05) is 23.4 Å². The first-order valence-electron chi connectivity index (χ1n) is 4.79. The third-order valence-corrected chi connectivity index (χ3v) is 2.40. The van der Waals surface area contributed by atoms with Crippen molar-refractivity contribution in [1.82, 2.24) is 10.1 Å². The summed E-state index contributed by atoms with van der Waals surface area (Å²) in [7, 11) is 0. The van der Waals surface area contributed by atoms with E-state index < -0.39 is 23.7 Å². The fraction of sp³-hybridized carbons (Fsp3) is 0.100. The minimum Gasteiger partial charge on any atom is -0.389 e. The molecule has 0 bridgehead atoms. The average Bonchev–Trinajstić information content (AvgIpc) is 2.77. The van der Waals surface area contributed by atoms with Gasteiger partial charge in [0, 0.05) is 5.56 Å². The highest BCUT2D eigenvalue weighted by atomic mass is 32.1. The van der Waals surface area contributed by atoms with Gasteiger partial charge < -0.3 is 10.3 Å². The van der Waals surface area contributed by atoms with Gasteiger partial charge in [-0.15, -0.1) is 0 Å². The van der Waals surface area contributed by atoms with Gasteiger partial charge in [-0.2, -0.15) is 18.2 Å². The summed E-state index contributed by atoms with van der Waals surface area (Å²) in [4.78, 5) is 3.05. The number of nitrogens with two attached hydrogens (primary N) is 1. The van der Waals surface area contributed by atoms with E-state index in [0.717, 1.165) is 6.07 Å². The molecule has 0 amide bonds. The molecule has 0 atom stereocenters. The lowest BCUT2D eigenvalue weighted by Crippen LogP contribution is -2.09. The Balaban J connectivity index is 2.43. The van der Waals surface area contributed by atoms with E-state index in [9.17, 15) is 17.6 Å². The van der Waals surface area contributed by atoms with Gasteiger partial charge in [0.1, 0.15) is 10.8 Å². The molecule has 0 spiro atoms. The van der Waals surface area contributed by atoms with E-state index in [-0.39, 0.29) is 16.1 Å². The second-order valence-corrected chi connectivity index (χ2v) is 3.92. The number of thiocarbonyl (C=S) groups is 1. The van der Waals surface area contributed by atoms with Crippen LogP contribution < -0.4 is 5.73 Å². The normalized spacial score (nSPS) is 11.6. The molecule has 0 unspecified atom stereocenters. The van der Waals surface area contributed by atoms with Gasteiger partial charge in [0.15, 0.2) is 0 Å². The molecule has 4 nitrogen and oxygen atoms in total. The Morgan fingerprint density at radius 3 is 2.47 bits per heavy atom. The van der Waals surface area contributed by atoms with Crippen molar-refractivity contribution in [3.05, 3.63) is 35.5 Å². The predicted octanol–water partition coefficient (Wildman–Crippen LogP) is 2.53. The first kappa shape index (κ1) is 13.4. The molecule has 9 heteroatoms. The van der Waals surface area contributed by atoms with Gasteiger partial charge >= 0.3 is 12.1 Å². The lowest BCUT2D eigenvalue weighted by Gasteiger charge is -2.01. The van der Waals surface area contributed by atoms with Crippen LogP contribution in [-0.2, 0) is 6.18 Å². The molecule has 0 aliphatic carbocycles. The molecule has 0 aliphatic heterocycles. The van der Waals surface area contributed by atoms with Crippen LogP contribution in [0, 0.1) is 5.82 Å². The Morgan fingerprint density at radius 1 is 1.32 bits per heavy atom. The highest BCUT2D eigenvalue weighted by Gasteiger charge is 2.38. The van der Waals surface area contributed by atoms with Crippen molar-refractivity contribution >= 4 is 17.2 Å². The van der Waals surface area contributed by atoms with Crippen LogP contribution in [-0.4, -0.2) is 15.1 Å². The van der Waals surface area contributed by atoms with Crippen LogP contribution in [0.1, 0.15) is 11.5 Å². The first-order chi connectivity index (χ1) is 8.79. The predicted molar refractivity (Wildman–Crippen MR) is 60.6 cm³/mol. The van der Waals surface area contributed by atoms with Crippen molar-refractivity contribution < 1.29 is 22.1 Å². The molecule has 1 aromatic heterocycles. The van der Waals surface area contributed by atoms with Crippen molar-refractivity contribution in [2.45, 2.75) is 6.18 Å². The molecule has 0 saturated carbocycles. The van der Waals surface area contributed by atoms with Gasteiger partial charge in [-0.25, -0.2) is 4.39 Å². The van der Waals surface area contributed by atoms with Crippen LogP contribution in [0.5, 0.6) is 0 Å². The maximum atomic E-state index is 13.7. The Hall–Kier alpha value is -2.03. The molecule has 1 heterocycles. The van der Waals surface area contributed by atoms with E-state index in [4.69, 9.17) is 5.73 Å². The number of rotatable bonds is 2. The molecule has 100 valence electrons. The number of alkyl halides is 3. The quantitative estimate of drug-likeness (QED) is 0.680. The van der Waals surface area contributed by atoms with Gasteiger partial charge in [-0.3, -0.25) is 0 Å². The van der Waals surface area contributed by atoms with Crippen LogP contribution >= 0.6 is 12.2 Å². The standard InChI is InChI=1S/C10H5F4N3OS/c11-6-3-4(7(15)19)1-2-5(6)8-16-9(18-17-8)10(12,13)14/h1-3H,(H2,15,19). The maximum absolute atomic E-state index is 13.7. The number of benzene rings is 1. The Kier molecular flexibility index (Phi) is 3.23. The van der Waals surface area contributed by atoms with Crippen molar-refractivity contribution in [3.63, 3.8) is 0 Å². The third kappa shape index (κ3) is 2.70. The second-order valence-electron chi connectivity index (χ2n) is 3.48. The highest BCUT2D eigenvalue weighted by molar-refractivity contribution is 7.80. The van der Waals surface area contributed by atoms with Crippen molar-refractivity contribution in [3.8, 4) is 11.4 Å². The Morgan fingerprint density at radius 2 is 2.00 bits per heavy atom. The van der Waals surface area contributed by atoms with E-state index in [0.29, 0.717) is 0 Å². The molecular weight excluding hydrogens is 286 g/mol. The van der Waals surface area contributed by atoms with Crippen LogP contribution in [0.2, 0.25) is 0 Å². The maximum Gasteiger partial charge on any atom is 0.471 e. The zero-order valence-corrected chi connectivity index (χ0v) is 9.85. The van der Waals surface area contributed by atoms with Gasteiger partial charge in [0.2, 0.25) is 5.82 Å². The third-order valence-electron chi connectivity index (χ3n) is 2.16. The summed E-state index contributed by atoms with van der Waals surface area (Å²) in [6, 6.07) is 3.51. The van der Waals surface area contributed by atoms with Crippen molar-refractivity contribution in [2.75, 3.05) is 0 Å². The Bertz CT molecular complexity index is 638. The molecule has 0 radical (unpaired) electrons. The fourth-order valence-corrected chi connectivity index (χ4v) is 1.42. The van der Waals surface area contributed by atoms with Gasteiger partial charge in [0.05, 0.1) is 5.56 Å². The molecule has 2 N–H and O–H groups in total. The second kappa shape index (κ2) is 4.57. The van der Waals surface area contributed by atoms with E-state index in [1.807, 2.05) is 0 Å². The molecule has 0 fully saturated rings. The Labute approximate surface area is 109 Å². The van der Waals surface area contributed by atoms with E-state index in [2.05, 4.69) is 26.9 Å². The summed E-state index contributed by atoms with van der Waals surface area (Å²) in [5.74, 6) is -2.89. The SMILES string of the molecule is NC(=S)c1ccc(-c2noc(C(F)(F)F)n2)c(F)c1. The summed E-state index contributed by atoms with van der Waals surface area (Å²) in [6.45, 7) is 0. The smallest absolute Gasteiger partial charge is 0.389 e. The van der Waals surface area contributed by atoms with Crippen molar-refractivity contribution in [2.24, 2.45) is 5.73 Å². The summed E-state index contributed by atoms with van der Waals surface area (Å²) < 4.78 is 54.5. The summed E-state index contributed by atoms with van der Waals surface area (Å²) in [5, 5.41) is 3.08. The lowest BCUT2D eigenvalue weighted by atomic mass is 10.1. The fourth-order valence-electron chi connectivity index (χ4n) is 1.30. The lowest BCUT2D eigenvalue weighted by molar-refractivity contribution is -0.159. The number of aromatic nitrogens is 2. The number of hydrogen-bond acceptors (Lipinski definition) is 4. The minimum atomic E-state index is -4.78. The van der Waals surface area contributed by atoms with Crippen LogP contribution in [0.4, 0.5) is 17.6 Å². The van der Waals surface area contributed by atoms with Gasteiger partial charge in [-0.05, 0) is 12.1 Å². The van der Waals surface area contributed by atoms with E-state index >= 15 is 0 Å². The summed E-state index contributed by atoms with van der Waals surface area (Å²) in [5.41, 5.74) is 5.31. The molecule has 2 aromatic rings. The molecule has 19 heavy (non-hydrogen) atoms. The zero-order chi connectivity index (χ0) is 14.2. The van der Waals surface area contributed by atoms with Crippen LogP contribution in [0.3, 0.4) is 0 Å². The highest BCUT2D eigenvalue weighted by Crippen LogP contribution is 2.30. The van der Waals surface area contributed by atoms with E-state index in [1.54, 1.807) is 0 Å². The van der Waals surface area contributed by atoms with Crippen LogP contribution in [0.25, 0.3) is 11.4 Å². The topological polar surface area (TPSA) is 64.9 Å². The molecular formula is C10H5F4N3OS. The zero-order valence-electron chi connectivity index (χ0n) is 9.03. The molecule has 1 aromatic carbocycles. The minimum absolute atomic E-state index is 0.0328. The van der Waals surface area contributed by atoms with Crippen molar-refractivity contribution in [1.29, 1.82) is 0 Å². The molecule has 0 aliphatic rings.